The van der Waals surface area contributed by atoms with Gasteiger partial charge >= 0.3 is 0 Å². The summed E-state index contributed by atoms with van der Waals surface area (Å²) < 4.78 is 0. The SMILES string of the molecule is CC(=O)C(Cl)c1cc(Cl)ccc1O. The Morgan fingerprint density at radius 2 is 2.15 bits per heavy atom. The van der Waals surface area contributed by atoms with Crippen molar-refractivity contribution in [3.8, 4) is 5.75 Å². The number of phenolic OH excluding ortho intramolecular Hbond substituents is 1. The number of carbonyl (C=O) groups is 1. The van der Waals surface area contributed by atoms with Crippen molar-refractivity contribution in [3.05, 3.63) is 28.8 Å². The number of hydrogen-bond donors (Lipinski definition) is 1. The molecule has 0 aromatic heterocycles. The molecule has 0 aliphatic heterocycles. The summed E-state index contributed by atoms with van der Waals surface area (Å²) in [6.45, 7) is 1.36. The molecule has 0 saturated carbocycles. The third-order valence-corrected chi connectivity index (χ3v) is 2.40. The summed E-state index contributed by atoms with van der Waals surface area (Å²) in [4.78, 5) is 10.9. The van der Waals surface area contributed by atoms with Gasteiger partial charge in [0.2, 0.25) is 0 Å². The van der Waals surface area contributed by atoms with Crippen molar-refractivity contribution in [1.82, 2.24) is 0 Å². The number of Topliss-reactive ketones (excluding diaryl/α,β-unsaturated/α-hetero) is 1. The van der Waals surface area contributed by atoms with Crippen molar-refractivity contribution in [1.29, 1.82) is 0 Å². The fourth-order valence-corrected chi connectivity index (χ4v) is 1.30. The number of carbonyl (C=O) groups excluding carboxylic acids is 1. The van der Waals surface area contributed by atoms with E-state index in [1.807, 2.05) is 0 Å². The van der Waals surface area contributed by atoms with Gasteiger partial charge in [-0.25, -0.2) is 0 Å². The largest absolute Gasteiger partial charge is 0.508 e. The molecule has 0 bridgehead atoms. The molecule has 13 heavy (non-hydrogen) atoms. The number of phenols is 1. The lowest BCUT2D eigenvalue weighted by atomic mass is 10.1. The fraction of sp³-hybridized carbons (Fsp3) is 0.222. The molecule has 0 saturated heterocycles. The summed E-state index contributed by atoms with van der Waals surface area (Å²) in [5.41, 5.74) is 0.349. The monoisotopic (exact) mass is 218 g/mol. The zero-order chi connectivity index (χ0) is 10.0. The van der Waals surface area contributed by atoms with Crippen molar-refractivity contribution in [2.75, 3.05) is 0 Å². The average Bonchev–Trinajstić information content (AvgIpc) is 2.08. The molecule has 1 atom stereocenters. The second kappa shape index (κ2) is 3.99. The molecular weight excluding hydrogens is 211 g/mol. The van der Waals surface area contributed by atoms with Crippen LogP contribution in [-0.2, 0) is 4.79 Å². The highest BCUT2D eigenvalue weighted by atomic mass is 35.5. The molecular formula is C9H8Cl2O2. The van der Waals surface area contributed by atoms with Crippen LogP contribution < -0.4 is 0 Å². The molecule has 0 aliphatic carbocycles. The normalized spacial score (nSPS) is 12.5. The first-order valence-corrected chi connectivity index (χ1v) is 4.46. The number of alkyl halides is 1. The van der Waals surface area contributed by atoms with Crippen LogP contribution in [0.1, 0.15) is 17.9 Å². The molecule has 70 valence electrons. The van der Waals surface area contributed by atoms with Gasteiger partial charge in [0.25, 0.3) is 0 Å². The smallest absolute Gasteiger partial charge is 0.152 e. The van der Waals surface area contributed by atoms with Gasteiger partial charge in [0, 0.05) is 10.6 Å². The summed E-state index contributed by atoms with van der Waals surface area (Å²) in [5, 5.41) is 8.97. The molecule has 0 amide bonds. The third-order valence-electron chi connectivity index (χ3n) is 1.62. The highest BCUT2D eigenvalue weighted by Gasteiger charge is 2.16. The van der Waals surface area contributed by atoms with Crippen molar-refractivity contribution in [2.45, 2.75) is 12.3 Å². The third kappa shape index (κ3) is 2.36. The molecule has 1 aromatic rings. The highest BCUT2D eigenvalue weighted by Crippen LogP contribution is 2.31. The van der Waals surface area contributed by atoms with Gasteiger partial charge in [-0.1, -0.05) is 11.6 Å². The summed E-state index contributed by atoms with van der Waals surface area (Å²) in [5.74, 6) is -0.237. The number of aromatic hydroxyl groups is 1. The van der Waals surface area contributed by atoms with Gasteiger partial charge in [-0.05, 0) is 25.1 Å². The van der Waals surface area contributed by atoms with E-state index in [4.69, 9.17) is 23.2 Å². The molecule has 0 heterocycles. The average molecular weight is 219 g/mol. The topological polar surface area (TPSA) is 37.3 Å². The van der Waals surface area contributed by atoms with Crippen LogP contribution in [0.2, 0.25) is 5.02 Å². The van der Waals surface area contributed by atoms with Crippen LogP contribution in [0.4, 0.5) is 0 Å². The summed E-state index contributed by atoms with van der Waals surface area (Å²) in [6, 6.07) is 4.43. The predicted molar refractivity (Wildman–Crippen MR) is 52.4 cm³/mol. The van der Waals surface area contributed by atoms with Crippen LogP contribution in [0.25, 0.3) is 0 Å². The number of benzene rings is 1. The summed E-state index contributed by atoms with van der Waals surface area (Å²) in [6.07, 6.45) is 0. The first-order valence-electron chi connectivity index (χ1n) is 3.65. The van der Waals surface area contributed by atoms with Gasteiger partial charge < -0.3 is 5.11 Å². The van der Waals surface area contributed by atoms with E-state index in [1.54, 1.807) is 0 Å². The number of hydrogen-bond acceptors (Lipinski definition) is 2. The first kappa shape index (κ1) is 10.4. The zero-order valence-corrected chi connectivity index (χ0v) is 8.43. The van der Waals surface area contributed by atoms with E-state index in [0.29, 0.717) is 10.6 Å². The van der Waals surface area contributed by atoms with E-state index in [9.17, 15) is 9.90 Å². The molecule has 1 N–H and O–H groups in total. The molecule has 0 radical (unpaired) electrons. The second-order valence-electron chi connectivity index (χ2n) is 2.68. The van der Waals surface area contributed by atoms with Crippen LogP contribution >= 0.6 is 23.2 Å². The van der Waals surface area contributed by atoms with Crippen molar-refractivity contribution in [2.24, 2.45) is 0 Å². The summed E-state index contributed by atoms with van der Waals surface area (Å²) in [7, 11) is 0. The number of rotatable bonds is 2. The Balaban J connectivity index is 3.12. The van der Waals surface area contributed by atoms with E-state index in [0.717, 1.165) is 0 Å². The molecule has 2 nitrogen and oxygen atoms in total. The van der Waals surface area contributed by atoms with Gasteiger partial charge in [0.05, 0.1) is 0 Å². The van der Waals surface area contributed by atoms with Crippen LogP contribution in [0.3, 0.4) is 0 Å². The van der Waals surface area contributed by atoms with E-state index in [2.05, 4.69) is 0 Å². The van der Waals surface area contributed by atoms with Crippen LogP contribution in [0, 0.1) is 0 Å². The van der Waals surface area contributed by atoms with Crippen LogP contribution in [0.5, 0.6) is 5.75 Å². The fourth-order valence-electron chi connectivity index (χ4n) is 0.947. The molecule has 0 fully saturated rings. The second-order valence-corrected chi connectivity index (χ2v) is 3.55. The van der Waals surface area contributed by atoms with Crippen molar-refractivity contribution in [3.63, 3.8) is 0 Å². The maximum absolute atomic E-state index is 10.9. The zero-order valence-electron chi connectivity index (χ0n) is 6.92. The maximum atomic E-state index is 10.9. The van der Waals surface area contributed by atoms with Gasteiger partial charge in [-0.2, -0.15) is 0 Å². The maximum Gasteiger partial charge on any atom is 0.152 e. The highest BCUT2D eigenvalue weighted by molar-refractivity contribution is 6.32. The Labute approximate surface area is 86.1 Å². The van der Waals surface area contributed by atoms with Gasteiger partial charge in [0.1, 0.15) is 11.1 Å². The lowest BCUT2D eigenvalue weighted by molar-refractivity contribution is -0.116. The Bertz CT molecular complexity index is 336. The molecule has 1 unspecified atom stereocenters. The van der Waals surface area contributed by atoms with Gasteiger partial charge in [0.15, 0.2) is 5.78 Å². The number of halogens is 2. The van der Waals surface area contributed by atoms with Crippen LogP contribution in [-0.4, -0.2) is 10.9 Å². The summed E-state index contributed by atoms with van der Waals surface area (Å²) >= 11 is 11.4. The Morgan fingerprint density at radius 3 is 2.69 bits per heavy atom. The minimum Gasteiger partial charge on any atom is -0.508 e. The van der Waals surface area contributed by atoms with E-state index in [1.165, 1.54) is 25.1 Å². The quantitative estimate of drug-likeness (QED) is 0.776. The first-order chi connectivity index (χ1) is 6.02. The van der Waals surface area contributed by atoms with Crippen LogP contribution in [0.15, 0.2) is 18.2 Å². The molecule has 0 aliphatic rings. The predicted octanol–water partition coefficient (Wildman–Crippen LogP) is 2.91. The Kier molecular flexibility index (Phi) is 3.17. The molecule has 1 aromatic carbocycles. The van der Waals surface area contributed by atoms with Crippen molar-refractivity contribution < 1.29 is 9.90 Å². The lowest BCUT2D eigenvalue weighted by Gasteiger charge is -2.08. The van der Waals surface area contributed by atoms with Gasteiger partial charge in [-0.15, -0.1) is 11.6 Å². The van der Waals surface area contributed by atoms with E-state index < -0.39 is 5.38 Å². The standard InChI is InChI=1S/C9H8Cl2O2/c1-5(12)9(11)7-4-6(10)2-3-8(7)13/h2-4,9,13H,1H3. The van der Waals surface area contributed by atoms with Crippen molar-refractivity contribution >= 4 is 29.0 Å². The lowest BCUT2D eigenvalue weighted by Crippen LogP contribution is -2.01. The molecule has 1 rings (SSSR count). The van der Waals surface area contributed by atoms with Gasteiger partial charge in [-0.3, -0.25) is 4.79 Å². The van der Waals surface area contributed by atoms with E-state index in [-0.39, 0.29) is 11.5 Å². The molecule has 0 spiro atoms. The molecule has 4 heteroatoms. The minimum atomic E-state index is -0.835. The van der Waals surface area contributed by atoms with E-state index >= 15 is 0 Å². The number of ketones is 1. The minimum absolute atomic E-state index is 0.0143. The Morgan fingerprint density at radius 1 is 1.54 bits per heavy atom. The Hall–Kier alpha value is -0.730.